The molecular weight excluding hydrogens is 275 g/mol. The van der Waals surface area contributed by atoms with Crippen molar-refractivity contribution in [1.82, 2.24) is 10.2 Å². The SMILES string of the molecule is C=CC[C@@H](C)NC(=O)[C@H]1C[C@H](F)CN1C(=O)OC(C)(C)C. The summed E-state index contributed by atoms with van der Waals surface area (Å²) in [7, 11) is 0. The minimum Gasteiger partial charge on any atom is -0.444 e. The lowest BCUT2D eigenvalue weighted by Crippen LogP contribution is -2.49. The molecule has 120 valence electrons. The quantitative estimate of drug-likeness (QED) is 0.811. The van der Waals surface area contributed by atoms with Crippen molar-refractivity contribution in [3.8, 4) is 0 Å². The first kappa shape index (κ1) is 17.5. The predicted molar refractivity (Wildman–Crippen MR) is 78.7 cm³/mol. The predicted octanol–water partition coefficient (Wildman–Crippen LogP) is 2.41. The Bertz CT molecular complexity index is 406. The highest BCUT2D eigenvalue weighted by Gasteiger charge is 2.41. The average molecular weight is 300 g/mol. The Labute approximate surface area is 125 Å². The largest absolute Gasteiger partial charge is 0.444 e. The third-order valence-electron chi connectivity index (χ3n) is 3.09. The fraction of sp³-hybridized carbons (Fsp3) is 0.733. The van der Waals surface area contributed by atoms with Crippen LogP contribution < -0.4 is 5.32 Å². The van der Waals surface area contributed by atoms with Crippen LogP contribution in [0.4, 0.5) is 9.18 Å². The van der Waals surface area contributed by atoms with E-state index in [0.29, 0.717) is 6.42 Å². The molecule has 6 heteroatoms. The van der Waals surface area contributed by atoms with Gasteiger partial charge in [-0.2, -0.15) is 0 Å². The van der Waals surface area contributed by atoms with Crippen LogP contribution in [-0.2, 0) is 9.53 Å². The van der Waals surface area contributed by atoms with Crippen LogP contribution in [0.1, 0.15) is 40.5 Å². The Kier molecular flexibility index (Phi) is 5.75. The molecule has 0 aromatic carbocycles. The van der Waals surface area contributed by atoms with Crippen LogP contribution >= 0.6 is 0 Å². The summed E-state index contributed by atoms with van der Waals surface area (Å²) in [5.41, 5.74) is -0.678. The molecule has 1 aliphatic heterocycles. The molecule has 3 atom stereocenters. The fourth-order valence-corrected chi connectivity index (χ4v) is 2.20. The number of likely N-dealkylation sites (tertiary alicyclic amines) is 1. The molecule has 5 nitrogen and oxygen atoms in total. The molecule has 1 rings (SSSR count). The Balaban J connectivity index is 2.72. The second-order valence-corrected chi connectivity index (χ2v) is 6.42. The third kappa shape index (κ3) is 5.36. The molecule has 1 fully saturated rings. The molecule has 0 unspecified atom stereocenters. The molecule has 0 spiro atoms. The van der Waals surface area contributed by atoms with Crippen molar-refractivity contribution >= 4 is 12.0 Å². The summed E-state index contributed by atoms with van der Waals surface area (Å²) in [5.74, 6) is -0.352. The van der Waals surface area contributed by atoms with Gasteiger partial charge < -0.3 is 10.1 Å². The molecule has 1 N–H and O–H groups in total. The zero-order valence-electron chi connectivity index (χ0n) is 13.2. The Morgan fingerprint density at radius 2 is 2.14 bits per heavy atom. The maximum atomic E-state index is 13.6. The van der Waals surface area contributed by atoms with Gasteiger partial charge in [0.1, 0.15) is 17.8 Å². The molecule has 0 saturated carbocycles. The van der Waals surface area contributed by atoms with Crippen molar-refractivity contribution in [3.63, 3.8) is 0 Å². The van der Waals surface area contributed by atoms with Gasteiger partial charge in [-0.25, -0.2) is 9.18 Å². The van der Waals surface area contributed by atoms with E-state index in [2.05, 4.69) is 11.9 Å². The van der Waals surface area contributed by atoms with Gasteiger partial charge in [-0.15, -0.1) is 6.58 Å². The van der Waals surface area contributed by atoms with Crippen LogP contribution in [0, 0.1) is 0 Å². The number of nitrogens with one attached hydrogen (secondary N) is 1. The lowest BCUT2D eigenvalue weighted by Gasteiger charge is -2.28. The summed E-state index contributed by atoms with van der Waals surface area (Å²) >= 11 is 0. The zero-order chi connectivity index (χ0) is 16.2. The second kappa shape index (κ2) is 6.91. The Hall–Kier alpha value is -1.59. The van der Waals surface area contributed by atoms with Crippen molar-refractivity contribution in [3.05, 3.63) is 12.7 Å². The smallest absolute Gasteiger partial charge is 0.411 e. The van der Waals surface area contributed by atoms with Crippen LogP contribution in [0.15, 0.2) is 12.7 Å². The van der Waals surface area contributed by atoms with E-state index in [-0.39, 0.29) is 24.9 Å². The van der Waals surface area contributed by atoms with Gasteiger partial charge >= 0.3 is 6.09 Å². The monoisotopic (exact) mass is 300 g/mol. The van der Waals surface area contributed by atoms with Gasteiger partial charge in [0.2, 0.25) is 5.91 Å². The van der Waals surface area contributed by atoms with Crippen LogP contribution in [0.2, 0.25) is 0 Å². The van der Waals surface area contributed by atoms with Gasteiger partial charge in [-0.3, -0.25) is 9.69 Å². The number of amides is 2. The molecule has 0 radical (unpaired) electrons. The van der Waals surface area contributed by atoms with E-state index in [0.717, 1.165) is 0 Å². The van der Waals surface area contributed by atoms with E-state index in [4.69, 9.17) is 4.74 Å². The van der Waals surface area contributed by atoms with Crippen molar-refractivity contribution < 1.29 is 18.7 Å². The first-order valence-electron chi connectivity index (χ1n) is 7.19. The number of rotatable bonds is 4. The molecule has 0 aliphatic carbocycles. The maximum Gasteiger partial charge on any atom is 0.411 e. The summed E-state index contributed by atoms with van der Waals surface area (Å²) in [6.07, 6.45) is 0.459. The maximum absolute atomic E-state index is 13.6. The van der Waals surface area contributed by atoms with Crippen molar-refractivity contribution in [1.29, 1.82) is 0 Å². The van der Waals surface area contributed by atoms with E-state index < -0.39 is 23.9 Å². The number of hydrogen-bond donors (Lipinski definition) is 1. The first-order chi connectivity index (χ1) is 9.64. The number of carbonyl (C=O) groups is 2. The molecule has 0 bridgehead atoms. The number of alkyl halides is 1. The van der Waals surface area contributed by atoms with Gasteiger partial charge in [-0.05, 0) is 34.1 Å². The van der Waals surface area contributed by atoms with E-state index in [1.54, 1.807) is 26.8 Å². The van der Waals surface area contributed by atoms with Crippen molar-refractivity contribution in [2.24, 2.45) is 0 Å². The minimum atomic E-state index is -1.21. The highest BCUT2D eigenvalue weighted by molar-refractivity contribution is 5.86. The summed E-state index contributed by atoms with van der Waals surface area (Å²) in [6.45, 7) is 10.5. The molecule has 0 aromatic rings. The fourth-order valence-electron chi connectivity index (χ4n) is 2.20. The Morgan fingerprint density at radius 1 is 1.52 bits per heavy atom. The summed E-state index contributed by atoms with van der Waals surface area (Å²) in [6, 6.07) is -0.920. The normalized spacial score (nSPS) is 23.6. The molecule has 0 aromatic heterocycles. The van der Waals surface area contributed by atoms with E-state index in [1.165, 1.54) is 4.90 Å². The van der Waals surface area contributed by atoms with E-state index >= 15 is 0 Å². The number of ether oxygens (including phenoxy) is 1. The summed E-state index contributed by atoms with van der Waals surface area (Å²) in [4.78, 5) is 25.4. The highest BCUT2D eigenvalue weighted by Crippen LogP contribution is 2.23. The molecule has 2 amide bonds. The topological polar surface area (TPSA) is 58.6 Å². The Morgan fingerprint density at radius 3 is 2.67 bits per heavy atom. The standard InChI is InChI=1S/C15H25FN2O3/c1-6-7-10(2)17-13(19)12-8-11(16)9-18(12)14(20)21-15(3,4)5/h6,10-12H,1,7-9H2,2-5H3,(H,17,19)/t10-,11+,12-/m1/s1. The third-order valence-corrected chi connectivity index (χ3v) is 3.09. The summed E-state index contributed by atoms with van der Waals surface area (Å²) in [5, 5.41) is 2.76. The van der Waals surface area contributed by atoms with E-state index in [1.807, 2.05) is 6.92 Å². The minimum absolute atomic E-state index is 0.00584. The molecule has 1 saturated heterocycles. The van der Waals surface area contributed by atoms with Gasteiger partial charge in [-0.1, -0.05) is 6.08 Å². The molecule has 1 aliphatic rings. The van der Waals surface area contributed by atoms with Crippen LogP contribution in [0.3, 0.4) is 0 Å². The highest BCUT2D eigenvalue weighted by atomic mass is 19.1. The summed E-state index contributed by atoms with van der Waals surface area (Å²) < 4.78 is 18.8. The van der Waals surface area contributed by atoms with E-state index in [9.17, 15) is 14.0 Å². The second-order valence-electron chi connectivity index (χ2n) is 6.42. The molecular formula is C15H25FN2O3. The van der Waals surface area contributed by atoms with Crippen LogP contribution in [0.5, 0.6) is 0 Å². The molecule has 1 heterocycles. The lowest BCUT2D eigenvalue weighted by molar-refractivity contribution is -0.126. The number of nitrogens with zero attached hydrogens (tertiary/aromatic N) is 1. The van der Waals surface area contributed by atoms with Gasteiger partial charge in [0.25, 0.3) is 0 Å². The van der Waals surface area contributed by atoms with Crippen molar-refractivity contribution in [2.45, 2.75) is 64.4 Å². The van der Waals surface area contributed by atoms with Crippen LogP contribution in [0.25, 0.3) is 0 Å². The van der Waals surface area contributed by atoms with Gasteiger partial charge in [0, 0.05) is 12.5 Å². The number of carbonyl (C=O) groups excluding carboxylic acids is 2. The van der Waals surface area contributed by atoms with Gasteiger partial charge in [0.15, 0.2) is 0 Å². The zero-order valence-corrected chi connectivity index (χ0v) is 13.2. The number of hydrogen-bond acceptors (Lipinski definition) is 3. The lowest BCUT2D eigenvalue weighted by atomic mass is 10.1. The van der Waals surface area contributed by atoms with Crippen LogP contribution in [-0.4, -0.2) is 47.3 Å². The van der Waals surface area contributed by atoms with Gasteiger partial charge in [0.05, 0.1) is 6.54 Å². The molecule has 21 heavy (non-hydrogen) atoms. The van der Waals surface area contributed by atoms with Crippen molar-refractivity contribution in [2.75, 3.05) is 6.54 Å². The average Bonchev–Trinajstić information content (AvgIpc) is 2.69. The first-order valence-corrected chi connectivity index (χ1v) is 7.19. The number of halogens is 1.